The topological polar surface area (TPSA) is 67.1 Å². The van der Waals surface area contributed by atoms with Gasteiger partial charge in [0.15, 0.2) is 0 Å². The molecule has 0 saturated heterocycles. The molecule has 1 aromatic heterocycles. The fourth-order valence-corrected chi connectivity index (χ4v) is 5.56. The molecule has 1 fully saturated rings. The number of nitrogens with zero attached hydrogens (tertiary/aromatic N) is 5. The van der Waals surface area contributed by atoms with Crippen LogP contribution in [0.15, 0.2) is 30.3 Å². The highest BCUT2D eigenvalue weighted by Gasteiger charge is 2.40. The molecule has 3 aromatic rings. The zero-order valence-corrected chi connectivity index (χ0v) is 22.6. The molecule has 6 nitrogen and oxygen atoms in total. The van der Waals surface area contributed by atoms with Crippen LogP contribution in [0.2, 0.25) is 0 Å². The quantitative estimate of drug-likeness (QED) is 0.293. The number of benzene rings is 2. The van der Waals surface area contributed by atoms with Gasteiger partial charge >= 0.3 is 18.5 Å². The summed E-state index contributed by atoms with van der Waals surface area (Å²) >= 11 is 0. The molecule has 0 atom stereocenters. The summed E-state index contributed by atoms with van der Waals surface area (Å²) in [7, 11) is 1.38. The fraction of sp³-hybridized carbons (Fsp3) is 0.519. The van der Waals surface area contributed by atoms with E-state index in [0.717, 1.165) is 30.1 Å². The average Bonchev–Trinajstić information content (AvgIpc) is 3.33. The number of tetrazole rings is 1. The van der Waals surface area contributed by atoms with Crippen molar-refractivity contribution in [1.29, 1.82) is 0 Å². The molecular formula is C27H28F9N5O. The molecule has 1 aliphatic carbocycles. The van der Waals surface area contributed by atoms with Crippen LogP contribution in [0, 0.1) is 6.92 Å². The minimum atomic E-state index is -5.09. The van der Waals surface area contributed by atoms with Crippen LogP contribution in [0.4, 0.5) is 45.5 Å². The van der Waals surface area contributed by atoms with Crippen LogP contribution in [0.3, 0.4) is 0 Å². The van der Waals surface area contributed by atoms with Crippen LogP contribution < -0.4 is 4.90 Å². The second-order valence-corrected chi connectivity index (χ2v) is 10.7. The lowest BCUT2D eigenvalue weighted by Crippen LogP contribution is -2.36. The molecule has 0 spiro atoms. The van der Waals surface area contributed by atoms with Gasteiger partial charge in [0.1, 0.15) is 0 Å². The van der Waals surface area contributed by atoms with E-state index < -0.39 is 59.3 Å². The van der Waals surface area contributed by atoms with E-state index in [1.54, 1.807) is 0 Å². The smallest absolute Gasteiger partial charge is 0.395 e. The predicted octanol–water partition coefficient (Wildman–Crippen LogP) is 6.98. The van der Waals surface area contributed by atoms with Gasteiger partial charge < -0.3 is 10.0 Å². The van der Waals surface area contributed by atoms with E-state index in [2.05, 4.69) is 15.4 Å². The summed E-state index contributed by atoms with van der Waals surface area (Å²) in [4.78, 5) is 2.17. The number of alkyl halides is 9. The van der Waals surface area contributed by atoms with Crippen molar-refractivity contribution in [3.05, 3.63) is 69.3 Å². The molecular weight excluding hydrogens is 581 g/mol. The lowest BCUT2D eigenvalue weighted by Gasteiger charge is -2.39. The van der Waals surface area contributed by atoms with Crippen LogP contribution in [0.1, 0.15) is 71.0 Å². The van der Waals surface area contributed by atoms with E-state index in [4.69, 9.17) is 0 Å². The number of aryl methyl sites for hydroxylation is 2. The summed E-state index contributed by atoms with van der Waals surface area (Å²) in [5.41, 5.74) is -4.84. The number of aliphatic hydroxyl groups is 1. The average molecular weight is 610 g/mol. The molecule has 1 N–H and O–H groups in total. The number of anilines is 1. The standard InChI is InChI=1S/C27H28F9N5O/c1-16-8-22(24(15-42)6-4-3-5-7-24)18(11-21(16)27(34,35)36)14-41(23-37-39-40(2)38-23)13-17-9-19(25(28,29)30)12-20(10-17)26(31,32)33/h8-12,42H,3-7,13-15H2,1-2H3. The largest absolute Gasteiger partial charge is 0.416 e. The highest BCUT2D eigenvalue weighted by atomic mass is 19.4. The summed E-state index contributed by atoms with van der Waals surface area (Å²) in [6, 6.07) is 3.38. The predicted molar refractivity (Wildman–Crippen MR) is 133 cm³/mol. The SMILES string of the molecule is Cc1cc(C2(CO)CCCCC2)c(CN(Cc2cc(C(F)(F)F)cc(C(F)(F)F)c2)c2nnn(C)n2)cc1C(F)(F)F. The summed E-state index contributed by atoms with van der Waals surface area (Å²) in [5, 5.41) is 22.0. The van der Waals surface area contributed by atoms with Crippen molar-refractivity contribution < 1.29 is 44.6 Å². The third kappa shape index (κ3) is 6.81. The molecule has 230 valence electrons. The Morgan fingerprint density at radius 3 is 1.90 bits per heavy atom. The third-order valence-corrected chi connectivity index (χ3v) is 7.60. The molecule has 1 aliphatic rings. The Hall–Kier alpha value is -3.36. The second-order valence-electron chi connectivity index (χ2n) is 10.7. The zero-order valence-electron chi connectivity index (χ0n) is 22.6. The maximum Gasteiger partial charge on any atom is 0.416 e. The molecule has 15 heteroatoms. The van der Waals surface area contributed by atoms with Crippen LogP contribution >= 0.6 is 0 Å². The van der Waals surface area contributed by atoms with Crippen LogP contribution in [-0.2, 0) is 44.1 Å². The second kappa shape index (κ2) is 11.4. The van der Waals surface area contributed by atoms with E-state index in [9.17, 15) is 44.6 Å². The van der Waals surface area contributed by atoms with Crippen LogP contribution in [0.25, 0.3) is 0 Å². The molecule has 0 amide bonds. The summed E-state index contributed by atoms with van der Waals surface area (Å²) < 4.78 is 123. The molecule has 0 radical (unpaired) electrons. The van der Waals surface area contributed by atoms with Gasteiger partial charge in [-0.25, -0.2) is 0 Å². The van der Waals surface area contributed by atoms with Gasteiger partial charge in [-0.05, 0) is 71.5 Å². The molecule has 0 aliphatic heterocycles. The molecule has 1 saturated carbocycles. The zero-order chi connectivity index (χ0) is 31.1. The lowest BCUT2D eigenvalue weighted by molar-refractivity contribution is -0.143. The summed E-state index contributed by atoms with van der Waals surface area (Å²) in [5.74, 6) is -0.217. The molecule has 0 unspecified atom stereocenters. The lowest BCUT2D eigenvalue weighted by atomic mass is 9.68. The van der Waals surface area contributed by atoms with Crippen molar-refractivity contribution >= 4 is 5.95 Å². The van der Waals surface area contributed by atoms with E-state index >= 15 is 0 Å². The number of hydrogen-bond donors (Lipinski definition) is 1. The van der Waals surface area contributed by atoms with Gasteiger partial charge in [0.2, 0.25) is 0 Å². The summed E-state index contributed by atoms with van der Waals surface area (Å²) in [6.45, 7) is -0.0761. The van der Waals surface area contributed by atoms with Gasteiger partial charge in [-0.2, -0.15) is 44.3 Å². The van der Waals surface area contributed by atoms with Gasteiger partial charge in [0.05, 0.1) is 30.3 Å². The normalized spacial score (nSPS) is 16.1. The summed E-state index contributed by atoms with van der Waals surface area (Å²) in [6.07, 6.45) is -11.6. The third-order valence-electron chi connectivity index (χ3n) is 7.60. The number of rotatable bonds is 7. The van der Waals surface area contributed by atoms with E-state index in [-0.39, 0.29) is 29.7 Å². The van der Waals surface area contributed by atoms with Crippen molar-refractivity contribution in [1.82, 2.24) is 20.2 Å². The number of hydrogen-bond acceptors (Lipinski definition) is 5. The van der Waals surface area contributed by atoms with Gasteiger partial charge in [-0.3, -0.25) is 0 Å². The van der Waals surface area contributed by atoms with Gasteiger partial charge in [-0.15, -0.1) is 5.10 Å². The first-order chi connectivity index (χ1) is 19.4. The number of aliphatic hydroxyl groups excluding tert-OH is 1. The highest BCUT2D eigenvalue weighted by molar-refractivity contribution is 5.46. The first kappa shape index (κ1) is 31.6. The van der Waals surface area contributed by atoms with Gasteiger partial charge in [0, 0.05) is 18.5 Å². The minimum absolute atomic E-state index is 0.00379. The van der Waals surface area contributed by atoms with Crippen LogP contribution in [0.5, 0.6) is 0 Å². The van der Waals surface area contributed by atoms with Crippen molar-refractivity contribution in [2.45, 2.75) is 76.1 Å². The molecule has 2 aromatic carbocycles. The van der Waals surface area contributed by atoms with E-state index in [1.807, 2.05) is 0 Å². The number of aromatic nitrogens is 4. The monoisotopic (exact) mass is 609 g/mol. The molecule has 0 bridgehead atoms. The Labute approximate surface area is 235 Å². The van der Waals surface area contributed by atoms with Crippen molar-refractivity contribution in [3.8, 4) is 0 Å². The van der Waals surface area contributed by atoms with Gasteiger partial charge in [0.25, 0.3) is 5.95 Å². The molecule has 4 rings (SSSR count). The Bertz CT molecular complexity index is 1370. The molecule has 42 heavy (non-hydrogen) atoms. The Morgan fingerprint density at radius 2 is 1.43 bits per heavy atom. The maximum absolute atomic E-state index is 14.0. The van der Waals surface area contributed by atoms with E-state index in [0.29, 0.717) is 30.5 Å². The van der Waals surface area contributed by atoms with Crippen LogP contribution in [-0.4, -0.2) is 31.9 Å². The number of halogens is 9. The minimum Gasteiger partial charge on any atom is -0.395 e. The first-order valence-electron chi connectivity index (χ1n) is 13.0. The first-order valence-corrected chi connectivity index (χ1v) is 13.0. The maximum atomic E-state index is 14.0. The highest BCUT2D eigenvalue weighted by Crippen LogP contribution is 2.44. The van der Waals surface area contributed by atoms with Gasteiger partial charge in [-0.1, -0.05) is 30.4 Å². The van der Waals surface area contributed by atoms with Crippen molar-refractivity contribution in [2.24, 2.45) is 7.05 Å². The molecule has 1 heterocycles. The van der Waals surface area contributed by atoms with E-state index in [1.165, 1.54) is 24.9 Å². The Balaban J connectivity index is 1.87. The Kier molecular flexibility index (Phi) is 8.55. The van der Waals surface area contributed by atoms with Crippen molar-refractivity contribution in [2.75, 3.05) is 11.5 Å². The fourth-order valence-electron chi connectivity index (χ4n) is 5.56. The van der Waals surface area contributed by atoms with Crippen molar-refractivity contribution in [3.63, 3.8) is 0 Å². The Morgan fingerprint density at radius 1 is 0.833 bits per heavy atom.